The number of nitrogens with two attached hydrogens (primary N) is 1. The first-order chi connectivity index (χ1) is 12.2. The van der Waals surface area contributed by atoms with Gasteiger partial charge in [0.25, 0.3) is 5.91 Å². The van der Waals surface area contributed by atoms with Crippen LogP contribution in [0.25, 0.3) is 16.3 Å². The molecule has 1 amide bonds. The van der Waals surface area contributed by atoms with Crippen LogP contribution in [0.1, 0.15) is 23.3 Å². The average Bonchev–Trinajstić information content (AvgIpc) is 3.17. The van der Waals surface area contributed by atoms with Crippen molar-refractivity contribution in [3.05, 3.63) is 53.8 Å². The lowest BCUT2D eigenvalue weighted by molar-refractivity contribution is 0.0929. The summed E-state index contributed by atoms with van der Waals surface area (Å²) >= 11 is 1.44. The van der Waals surface area contributed by atoms with Crippen molar-refractivity contribution in [2.75, 3.05) is 6.54 Å². The van der Waals surface area contributed by atoms with Gasteiger partial charge in [-0.25, -0.2) is 9.67 Å². The van der Waals surface area contributed by atoms with Gasteiger partial charge in [-0.2, -0.15) is 5.10 Å². The van der Waals surface area contributed by atoms with Crippen molar-refractivity contribution in [3.63, 3.8) is 0 Å². The second kappa shape index (κ2) is 7.99. The summed E-state index contributed by atoms with van der Waals surface area (Å²) in [5.41, 5.74) is 8.07. The minimum atomic E-state index is -0.152. The second-order valence-electron chi connectivity index (χ2n) is 6.20. The number of carbonyl (C=O) groups excluding carboxylic acids is 1. The first kappa shape index (κ1) is 18.6. The molecule has 1 saturated carbocycles. The fourth-order valence-electron chi connectivity index (χ4n) is 2.78. The number of thiazole rings is 1. The van der Waals surface area contributed by atoms with Crippen molar-refractivity contribution in [1.29, 1.82) is 0 Å². The van der Waals surface area contributed by atoms with Crippen molar-refractivity contribution in [2.24, 2.45) is 11.7 Å². The Morgan fingerprint density at radius 1 is 1.35 bits per heavy atom. The smallest absolute Gasteiger partial charge is 0.271 e. The van der Waals surface area contributed by atoms with E-state index >= 15 is 0 Å². The van der Waals surface area contributed by atoms with Gasteiger partial charge in [0.1, 0.15) is 10.7 Å². The summed E-state index contributed by atoms with van der Waals surface area (Å²) in [6.45, 7) is 0.469. The molecule has 2 heterocycles. The van der Waals surface area contributed by atoms with Crippen molar-refractivity contribution in [1.82, 2.24) is 20.1 Å². The molecule has 0 radical (unpaired) electrons. The van der Waals surface area contributed by atoms with Gasteiger partial charge in [0.15, 0.2) is 0 Å². The predicted molar refractivity (Wildman–Crippen MR) is 105 cm³/mol. The topological polar surface area (TPSA) is 85.8 Å². The lowest BCUT2D eigenvalue weighted by atomic mass is 10.2. The lowest BCUT2D eigenvalue weighted by Crippen LogP contribution is -2.41. The maximum absolute atomic E-state index is 12.4. The molecule has 136 valence electrons. The average molecular weight is 390 g/mol. The zero-order valence-corrected chi connectivity index (χ0v) is 15.7. The number of hydrogen-bond donors (Lipinski definition) is 2. The van der Waals surface area contributed by atoms with E-state index in [-0.39, 0.29) is 24.4 Å². The van der Waals surface area contributed by atoms with Crippen LogP contribution >= 0.6 is 23.7 Å². The lowest BCUT2D eigenvalue weighted by Gasteiger charge is -2.14. The third-order valence-corrected chi connectivity index (χ3v) is 5.24. The summed E-state index contributed by atoms with van der Waals surface area (Å²) in [5, 5.41) is 9.94. The van der Waals surface area contributed by atoms with E-state index in [0.717, 1.165) is 29.1 Å². The highest BCUT2D eigenvalue weighted by molar-refractivity contribution is 7.13. The number of aromatic nitrogens is 3. The Morgan fingerprint density at radius 2 is 2.12 bits per heavy atom. The fraction of sp³-hybridized carbons (Fsp3) is 0.278. The van der Waals surface area contributed by atoms with Crippen molar-refractivity contribution in [3.8, 4) is 16.3 Å². The van der Waals surface area contributed by atoms with Gasteiger partial charge < -0.3 is 11.1 Å². The Kier molecular flexibility index (Phi) is 5.70. The molecule has 0 saturated heterocycles. The number of halogens is 1. The van der Waals surface area contributed by atoms with E-state index in [1.54, 1.807) is 16.3 Å². The van der Waals surface area contributed by atoms with E-state index in [4.69, 9.17) is 5.73 Å². The van der Waals surface area contributed by atoms with Gasteiger partial charge in [0.2, 0.25) is 0 Å². The number of amides is 1. The number of carbonyl (C=O) groups is 1. The van der Waals surface area contributed by atoms with Gasteiger partial charge >= 0.3 is 0 Å². The molecule has 1 aliphatic carbocycles. The molecule has 1 aliphatic rings. The Bertz CT molecular complexity index is 875. The maximum atomic E-state index is 12.4. The van der Waals surface area contributed by atoms with E-state index in [0.29, 0.717) is 18.2 Å². The summed E-state index contributed by atoms with van der Waals surface area (Å²) in [6, 6.07) is 9.94. The van der Waals surface area contributed by atoms with Crippen molar-refractivity contribution in [2.45, 2.75) is 18.9 Å². The fourth-order valence-corrected chi connectivity index (χ4v) is 3.55. The molecule has 1 unspecified atom stereocenters. The maximum Gasteiger partial charge on any atom is 0.271 e. The Morgan fingerprint density at radius 3 is 2.81 bits per heavy atom. The standard InChI is InChI=1S/C18H19N5OS.ClH/c19-8-15(12-6-7-12)21-17(24)16-11-25-18(22-16)13-9-20-23(10-13)14-4-2-1-3-5-14;/h1-5,9-12,15H,6-8,19H2,(H,21,24);1H. The first-order valence-electron chi connectivity index (χ1n) is 8.31. The summed E-state index contributed by atoms with van der Waals surface area (Å²) in [6.07, 6.45) is 5.97. The van der Waals surface area contributed by atoms with Gasteiger partial charge in [-0.1, -0.05) is 18.2 Å². The van der Waals surface area contributed by atoms with Crippen molar-refractivity contribution >= 4 is 29.7 Å². The molecule has 1 aromatic carbocycles. The normalized spacial score (nSPS) is 14.5. The Labute approximate surface area is 161 Å². The predicted octanol–water partition coefficient (Wildman–Crippen LogP) is 2.88. The van der Waals surface area contributed by atoms with Crippen LogP contribution in [-0.4, -0.2) is 33.3 Å². The van der Waals surface area contributed by atoms with Gasteiger partial charge in [-0.05, 0) is 30.9 Å². The molecule has 2 aromatic heterocycles. The molecule has 0 bridgehead atoms. The zero-order chi connectivity index (χ0) is 17.2. The molecule has 0 spiro atoms. The van der Waals surface area contributed by atoms with E-state index in [1.165, 1.54) is 11.3 Å². The van der Waals surface area contributed by atoms with E-state index in [1.807, 2.05) is 36.5 Å². The third-order valence-electron chi connectivity index (χ3n) is 4.35. The molecule has 4 rings (SSSR count). The van der Waals surface area contributed by atoms with Crippen LogP contribution < -0.4 is 11.1 Å². The third kappa shape index (κ3) is 3.95. The summed E-state index contributed by atoms with van der Waals surface area (Å²) in [5.74, 6) is 0.372. The first-order valence-corrected chi connectivity index (χ1v) is 9.19. The monoisotopic (exact) mass is 389 g/mol. The van der Waals surface area contributed by atoms with Gasteiger partial charge in [-0.3, -0.25) is 4.79 Å². The Balaban J connectivity index is 0.00000196. The van der Waals surface area contributed by atoms with E-state index in [2.05, 4.69) is 15.4 Å². The molecule has 3 aromatic rings. The number of nitrogens with one attached hydrogen (secondary N) is 1. The minimum Gasteiger partial charge on any atom is -0.346 e. The number of benzene rings is 1. The molecule has 26 heavy (non-hydrogen) atoms. The Hall–Kier alpha value is -2.22. The highest BCUT2D eigenvalue weighted by atomic mass is 35.5. The van der Waals surface area contributed by atoms with Crippen LogP contribution in [0.3, 0.4) is 0 Å². The van der Waals surface area contributed by atoms with Crippen LogP contribution in [0.15, 0.2) is 48.1 Å². The molecule has 1 atom stereocenters. The zero-order valence-electron chi connectivity index (χ0n) is 14.0. The number of rotatable bonds is 6. The molecular weight excluding hydrogens is 370 g/mol. The van der Waals surface area contributed by atoms with Gasteiger partial charge in [0.05, 0.1) is 11.9 Å². The summed E-state index contributed by atoms with van der Waals surface area (Å²) in [4.78, 5) is 16.8. The second-order valence-corrected chi connectivity index (χ2v) is 7.06. The molecule has 3 N–H and O–H groups in total. The van der Waals surface area contributed by atoms with Crippen LogP contribution in [0.5, 0.6) is 0 Å². The number of nitrogens with zero attached hydrogens (tertiary/aromatic N) is 3. The van der Waals surface area contributed by atoms with E-state index in [9.17, 15) is 4.79 Å². The van der Waals surface area contributed by atoms with Crippen LogP contribution in [0.2, 0.25) is 0 Å². The minimum absolute atomic E-state index is 0. The highest BCUT2D eigenvalue weighted by Crippen LogP contribution is 2.32. The van der Waals surface area contributed by atoms with Crippen LogP contribution in [0.4, 0.5) is 0 Å². The molecule has 6 nitrogen and oxygen atoms in total. The quantitative estimate of drug-likeness (QED) is 0.678. The van der Waals surface area contributed by atoms with Crippen LogP contribution in [-0.2, 0) is 0 Å². The summed E-state index contributed by atoms with van der Waals surface area (Å²) in [7, 11) is 0. The van der Waals surface area contributed by atoms with E-state index < -0.39 is 0 Å². The van der Waals surface area contributed by atoms with Crippen LogP contribution in [0, 0.1) is 5.92 Å². The highest BCUT2D eigenvalue weighted by Gasteiger charge is 2.31. The summed E-state index contributed by atoms with van der Waals surface area (Å²) < 4.78 is 1.80. The number of para-hydroxylation sites is 1. The molecular formula is C18H20ClN5OS. The largest absolute Gasteiger partial charge is 0.346 e. The number of hydrogen-bond acceptors (Lipinski definition) is 5. The SMILES string of the molecule is Cl.NCC(NC(=O)c1csc(-c2cnn(-c3ccccc3)c2)n1)C1CC1. The molecule has 1 fully saturated rings. The molecule has 0 aliphatic heterocycles. The molecule has 8 heteroatoms. The van der Waals surface area contributed by atoms with Crippen molar-refractivity contribution < 1.29 is 4.79 Å². The van der Waals surface area contributed by atoms with Gasteiger partial charge in [-0.15, -0.1) is 23.7 Å². The van der Waals surface area contributed by atoms with Gasteiger partial charge in [0, 0.05) is 29.7 Å².